The number of carbonyl (C=O) groups is 4. The third-order valence-corrected chi connectivity index (χ3v) is 33.9. The van der Waals surface area contributed by atoms with E-state index in [1.54, 1.807) is 10.9 Å². The molecular weight excluding hydrogens is 1810 g/mol. The van der Waals surface area contributed by atoms with Crippen molar-refractivity contribution in [1.82, 2.24) is 49.5 Å². The summed E-state index contributed by atoms with van der Waals surface area (Å²) in [6, 6.07) is -1.45. The lowest BCUT2D eigenvalue weighted by molar-refractivity contribution is -0.146. The van der Waals surface area contributed by atoms with E-state index in [2.05, 4.69) is 98.6 Å². The zero-order valence-corrected chi connectivity index (χ0v) is 76.2. The number of nitrogens with two attached hydrogens (primary N) is 1. The predicted molar refractivity (Wildman–Crippen MR) is 461 cm³/mol. The lowest BCUT2D eigenvalue weighted by atomic mass is 9.92. The number of ether oxygens (including phenoxy) is 7. The number of H-pyrrole nitrogens is 1. The minimum atomic E-state index is -3.34. The highest BCUT2D eigenvalue weighted by Crippen LogP contribution is 2.50. The number of anilines is 1. The second kappa shape index (κ2) is 48.1. The Morgan fingerprint density at radius 2 is 1.03 bits per heavy atom. The van der Waals surface area contributed by atoms with Crippen LogP contribution < -0.4 is 5.73 Å². The Hall–Kier alpha value is -3.93. The molecule has 115 heavy (non-hydrogen) atoms. The number of sulfone groups is 2. The number of hydrogen-bond donors (Lipinski definition) is 2. The van der Waals surface area contributed by atoms with Gasteiger partial charge in [0.25, 0.3) is 0 Å². The number of halogens is 4. The number of nitrogens with one attached hydrogen (secondary N) is 1. The van der Waals surface area contributed by atoms with Crippen molar-refractivity contribution < 1.29 is 69.2 Å². The smallest absolute Gasteiger partial charge is 0.330 e. The Kier molecular flexibility index (Phi) is 39.0. The number of ketones is 1. The third-order valence-electron chi connectivity index (χ3n) is 20.0. The number of hydrogen-bond acceptors (Lipinski definition) is 29. The highest BCUT2D eigenvalue weighted by molar-refractivity contribution is 9.12. The molecule has 6 aliphatic carbocycles. The van der Waals surface area contributed by atoms with Gasteiger partial charge < -0.3 is 38.9 Å². The minimum absolute atomic E-state index is 0.0462. The molecule has 0 amide bonds. The average Bonchev–Trinajstić information content (AvgIpc) is 1.64. The normalized spacial score (nSPS) is 20.7. The Balaban J connectivity index is 0.000000146. The fourth-order valence-corrected chi connectivity index (χ4v) is 23.4. The fourth-order valence-electron chi connectivity index (χ4n) is 12.4. The summed E-state index contributed by atoms with van der Waals surface area (Å²) in [5.41, 5.74) is 5.20. The summed E-state index contributed by atoms with van der Waals surface area (Å²) < 4.78 is 92.6. The van der Waals surface area contributed by atoms with Crippen LogP contribution >= 0.6 is 123 Å². The van der Waals surface area contributed by atoms with Crippen LogP contribution in [0.1, 0.15) is 177 Å². The van der Waals surface area contributed by atoms with Crippen molar-refractivity contribution in [3.05, 3.63) is 86.2 Å². The molecule has 27 nitrogen and oxygen atoms in total. The van der Waals surface area contributed by atoms with Crippen molar-refractivity contribution in [3.8, 4) is 0 Å². The largest absolute Gasteiger partial charge is 0.468 e. The first kappa shape index (κ1) is 93.3. The number of nitrogen functional groups attached to an aromatic ring is 1. The lowest BCUT2D eigenvalue weighted by Crippen LogP contribution is -2.28. The molecule has 11 aliphatic rings. The van der Waals surface area contributed by atoms with Crippen molar-refractivity contribution in [2.45, 2.75) is 235 Å². The quantitative estimate of drug-likeness (QED) is 0.0199. The molecule has 10 fully saturated rings. The van der Waals surface area contributed by atoms with Crippen LogP contribution in [0.15, 0.2) is 97.1 Å². The van der Waals surface area contributed by atoms with Crippen LogP contribution in [0.5, 0.6) is 0 Å². The van der Waals surface area contributed by atoms with Gasteiger partial charge in [0.2, 0.25) is 0 Å². The van der Waals surface area contributed by atoms with Gasteiger partial charge in [-0.15, -0.1) is 34.9 Å². The van der Waals surface area contributed by atoms with Gasteiger partial charge in [-0.3, -0.25) is 33.7 Å². The van der Waals surface area contributed by atoms with Crippen LogP contribution in [-0.2, 0) is 78.4 Å². The fraction of sp³-hybridized carbons (Fsp3) is 0.671. The molecule has 39 heteroatoms. The topological polar surface area (TPSA) is 347 Å². The molecule has 0 bridgehead atoms. The number of Topliss-reactive ketones (excluding diaryl/α,β-unsaturated/α-hetero) is 1. The van der Waals surface area contributed by atoms with E-state index in [0.717, 1.165) is 134 Å². The van der Waals surface area contributed by atoms with E-state index in [1.165, 1.54) is 147 Å². The van der Waals surface area contributed by atoms with Crippen molar-refractivity contribution in [2.75, 3.05) is 86.5 Å². The summed E-state index contributed by atoms with van der Waals surface area (Å²) in [5, 5.41) is 23.8. The number of thioether (sulfide) groups is 2. The Labute approximate surface area is 725 Å². The highest BCUT2D eigenvalue weighted by atomic mass is 79.9. The van der Waals surface area contributed by atoms with Crippen molar-refractivity contribution in [3.63, 3.8) is 0 Å². The number of aromatic amines is 1. The Morgan fingerprint density at radius 1 is 0.557 bits per heavy atom. The number of thiazole rings is 2. The summed E-state index contributed by atoms with van der Waals surface area (Å²) in [5.74, 6) is 0.878. The summed E-state index contributed by atoms with van der Waals surface area (Å²) in [7, 11) is 1.82. The zero-order valence-electron chi connectivity index (χ0n) is 65.0. The van der Waals surface area contributed by atoms with Crippen LogP contribution in [0, 0.1) is 23.7 Å². The molecule has 5 aliphatic heterocycles. The molecule has 4 saturated heterocycles. The first-order valence-corrected chi connectivity index (χ1v) is 50.5. The molecule has 11 heterocycles. The van der Waals surface area contributed by atoms with Gasteiger partial charge in [-0.2, -0.15) is 20.4 Å². The Bertz CT molecular complexity index is 4210. The van der Waals surface area contributed by atoms with Crippen LogP contribution in [-0.4, -0.2) is 213 Å². The summed E-state index contributed by atoms with van der Waals surface area (Å²) in [6.45, 7) is 6.83. The summed E-state index contributed by atoms with van der Waals surface area (Å²) >= 11 is 24.3. The van der Waals surface area contributed by atoms with E-state index in [-0.39, 0.29) is 61.2 Å². The van der Waals surface area contributed by atoms with E-state index in [0.29, 0.717) is 94.9 Å². The zero-order chi connectivity index (χ0) is 81.7. The number of carbonyl (C=O) groups excluding carboxylic acids is 4. The van der Waals surface area contributed by atoms with Gasteiger partial charge in [-0.1, -0.05) is 72.1 Å². The van der Waals surface area contributed by atoms with Crippen LogP contribution in [0.3, 0.4) is 0 Å². The molecule has 6 aromatic rings. The number of alkyl halides is 1. The Morgan fingerprint density at radius 3 is 1.42 bits per heavy atom. The maximum Gasteiger partial charge on any atom is 0.330 e. The number of aromatic nitrogens is 10. The summed E-state index contributed by atoms with van der Waals surface area (Å²) in [4.78, 5) is 62.8. The molecule has 6 saturated carbocycles. The molecule has 0 aromatic carbocycles. The number of aliphatic imine (C=N–C) groups is 1. The molecule has 17 rings (SSSR count). The first-order chi connectivity index (χ1) is 55.5. The third kappa shape index (κ3) is 33.4. The molecule has 3 N–H and O–H groups in total. The van der Waals surface area contributed by atoms with Gasteiger partial charge in [0.1, 0.15) is 46.4 Å². The van der Waals surface area contributed by atoms with Gasteiger partial charge in [-0.05, 0) is 200 Å². The predicted octanol–water partition coefficient (Wildman–Crippen LogP) is 15.9. The van der Waals surface area contributed by atoms with Gasteiger partial charge in [-0.25, -0.2) is 36.4 Å². The van der Waals surface area contributed by atoms with Crippen LogP contribution in [0.4, 0.5) is 5.13 Å². The van der Waals surface area contributed by atoms with Gasteiger partial charge in [0.15, 0.2) is 30.6 Å². The maximum atomic E-state index is 13.1. The van der Waals surface area contributed by atoms with Gasteiger partial charge >= 0.3 is 17.9 Å². The SMILES string of the molecule is BrC1=CCN=C1.C1CC1SSC1CC1.COC(=O)C(Br)CC1CCOCC1.COC(=O)C(CC1CCOCC1)n1cc(S(=O)(=O)C2CC2)cn1.COC(=O)C(CC1CCOCC1)n1cc(SC2CC2)cn1.Nc1ncc(Cl)s1.O=C(Cc1ncc(Cl)s1)C(CC1CCCOC1)n1cc(S(=O)(=O)C2CC2)cn1.c1n[nH]cc1SC1CC1. The van der Waals surface area contributed by atoms with E-state index in [1.807, 2.05) is 54.4 Å². The van der Waals surface area contributed by atoms with Crippen molar-refractivity contribution in [2.24, 2.45) is 28.7 Å². The van der Waals surface area contributed by atoms with Crippen LogP contribution in [0.2, 0.25) is 8.67 Å². The van der Waals surface area contributed by atoms with Gasteiger partial charge in [0.05, 0.1) is 82.0 Å². The number of rotatable bonds is 28. The number of esters is 3. The summed E-state index contributed by atoms with van der Waals surface area (Å²) in [6.07, 6.45) is 45.2. The van der Waals surface area contributed by atoms with E-state index in [9.17, 15) is 36.0 Å². The first-order valence-electron chi connectivity index (χ1n) is 39.3. The molecule has 0 spiro atoms. The molecule has 6 aromatic heterocycles. The number of nitrogens with zero attached hydrogens (tertiary/aromatic N) is 10. The monoisotopic (exact) mass is 1910 g/mol. The standard InChI is InChI=1S/C18H22ClN3O4S2.C15H22N2O5S.C15H22N2O3S.C9H15BrO3.C6H8N2S.C6H10S2.C4H4BrN.C3H3ClN2S/c19-17-9-20-18(27-17)7-16(23)15(6-12-2-1-5-26-11-12)22-10-14(8-21-22)28(24,25)13-3-4-13;1-21-15(18)14(8-11-4-6-22-7-5-11)17-10-13(9-16-17)23(19,20)12-2-3-12;1-19-15(18)14(8-11-4-6-20-7-5-11)17-10-13(9-16-17)21-12-2-3-12;1-12-9(11)8(10)6-7-2-4-13-5-3-7;1-2-5(1)9-6-3-7-8-4-6;1-2-5(1)7-8-6-3-4-6;5-4-1-2-6-3-4;4-2-1-6-3(5)7-2/h8-10,12-13,15H,1-7,11H2;9-12,14H,2-8H2,1H3;9-12,14H,2-8H2,1H3;7-8H,2-6H2,1H3;3-5H,1-2H2,(H,7,8);5-6H,1-4H2;1,3H,2H2;1H,(H2,5,6). The van der Waals surface area contributed by atoms with E-state index < -0.39 is 37.7 Å². The van der Waals surface area contributed by atoms with Crippen LogP contribution in [0.25, 0.3) is 0 Å². The van der Waals surface area contributed by atoms with Crippen molar-refractivity contribution in [1.29, 1.82) is 0 Å². The highest BCUT2D eigenvalue weighted by Gasteiger charge is 2.41. The molecule has 5 unspecified atom stereocenters. The van der Waals surface area contributed by atoms with E-state index in [4.69, 9.17) is 57.4 Å². The number of allylic oxidation sites excluding steroid dienone is 1. The maximum absolute atomic E-state index is 13.1. The number of methoxy groups -OCH3 is 3. The minimum Gasteiger partial charge on any atom is -0.468 e. The molecular formula is C76H106Br2Cl2N12O15S8. The molecule has 636 valence electrons. The van der Waals surface area contributed by atoms with E-state index >= 15 is 0 Å². The van der Waals surface area contributed by atoms with Gasteiger partial charge in [0, 0.05) is 119 Å². The van der Waals surface area contributed by atoms with Crippen molar-refractivity contribution >= 4 is 178 Å². The second-order valence-corrected chi connectivity index (χ2v) is 45.2. The second-order valence-electron chi connectivity index (χ2n) is 29.7. The average molecular weight is 1920 g/mol. The lowest BCUT2D eigenvalue weighted by Gasteiger charge is -2.26. The molecule has 5 atom stereocenters. The molecule has 0 radical (unpaired) electrons.